The van der Waals surface area contributed by atoms with Crippen LogP contribution in [0.3, 0.4) is 0 Å². The van der Waals surface area contributed by atoms with Crippen molar-refractivity contribution in [3.8, 4) is 22.5 Å². The van der Waals surface area contributed by atoms with E-state index < -0.39 is 23.7 Å². The van der Waals surface area contributed by atoms with Crippen LogP contribution in [-0.4, -0.2) is 39.4 Å². The number of nitrogens with zero attached hydrogens (tertiary/aromatic N) is 3. The van der Waals surface area contributed by atoms with Gasteiger partial charge in [-0.15, -0.1) is 0 Å². The van der Waals surface area contributed by atoms with Crippen LogP contribution in [0.1, 0.15) is 38.8 Å². The molecule has 0 aliphatic carbocycles. The van der Waals surface area contributed by atoms with Crippen molar-refractivity contribution in [2.75, 3.05) is 6.61 Å². The zero-order valence-corrected chi connectivity index (χ0v) is 19.5. The average Bonchev–Trinajstić information content (AvgIpc) is 3.38. The Morgan fingerprint density at radius 2 is 1.65 bits per heavy atom. The molecule has 4 rings (SSSR count). The molecule has 1 N–H and O–H groups in total. The summed E-state index contributed by atoms with van der Waals surface area (Å²) in [5.74, 6) is -1.03. The van der Waals surface area contributed by atoms with Gasteiger partial charge in [-0.3, -0.25) is 9.98 Å². The fourth-order valence-electron chi connectivity index (χ4n) is 4.72. The monoisotopic (exact) mass is 455 g/mol. The molecule has 0 saturated carbocycles. The zero-order valence-electron chi connectivity index (χ0n) is 19.5. The summed E-state index contributed by atoms with van der Waals surface area (Å²) in [6, 6.07) is 19.8. The van der Waals surface area contributed by atoms with Gasteiger partial charge in [0.1, 0.15) is 17.7 Å². The lowest BCUT2D eigenvalue weighted by molar-refractivity contribution is -0.157. The van der Waals surface area contributed by atoms with E-state index in [1.54, 1.807) is 12.4 Å². The van der Waals surface area contributed by atoms with Crippen LogP contribution < -0.4 is 0 Å². The number of benzene rings is 2. The van der Waals surface area contributed by atoms with Crippen LogP contribution in [0.15, 0.2) is 84.0 Å². The first-order valence-electron chi connectivity index (χ1n) is 11.6. The Kier molecular flexibility index (Phi) is 6.98. The molecule has 174 valence electrons. The van der Waals surface area contributed by atoms with Gasteiger partial charge in [-0.2, -0.15) is 0 Å². The highest BCUT2D eigenvalue weighted by atomic mass is 16.5. The summed E-state index contributed by atoms with van der Waals surface area (Å²) in [6.45, 7) is 3.63. The lowest BCUT2D eigenvalue weighted by Crippen LogP contribution is -2.51. The molecule has 6 nitrogen and oxygen atoms in total. The van der Waals surface area contributed by atoms with Gasteiger partial charge in [0.25, 0.3) is 0 Å². The van der Waals surface area contributed by atoms with Crippen molar-refractivity contribution in [3.63, 3.8) is 0 Å². The van der Waals surface area contributed by atoms with Crippen LogP contribution in [0.4, 0.5) is 0 Å². The van der Waals surface area contributed by atoms with Crippen molar-refractivity contribution in [2.45, 2.75) is 44.2 Å². The molecule has 6 heteroatoms. The Morgan fingerprint density at radius 3 is 2.18 bits per heavy atom. The molecule has 0 amide bonds. The Hall–Kier alpha value is -3.64. The second kappa shape index (κ2) is 10.1. The van der Waals surface area contributed by atoms with Crippen LogP contribution >= 0.6 is 0 Å². The Labute approximate surface area is 200 Å². The average molecular weight is 456 g/mol. The normalized spacial score (nSPS) is 18.6. The van der Waals surface area contributed by atoms with Crippen molar-refractivity contribution in [3.05, 3.63) is 84.7 Å². The molecule has 0 fully saturated rings. The molecule has 2 heterocycles. The van der Waals surface area contributed by atoms with Crippen molar-refractivity contribution >= 4 is 12.2 Å². The molecule has 2 aromatic carbocycles. The van der Waals surface area contributed by atoms with Gasteiger partial charge in [0, 0.05) is 17.3 Å². The maximum atomic E-state index is 11.6. The first kappa shape index (κ1) is 23.5. The van der Waals surface area contributed by atoms with Crippen molar-refractivity contribution < 1.29 is 14.6 Å². The van der Waals surface area contributed by atoms with Gasteiger partial charge in [-0.05, 0) is 18.9 Å². The van der Waals surface area contributed by atoms with Gasteiger partial charge in [-0.1, -0.05) is 87.0 Å². The van der Waals surface area contributed by atoms with Crippen LogP contribution in [0, 0.1) is 0 Å². The second-order valence-corrected chi connectivity index (χ2v) is 8.36. The van der Waals surface area contributed by atoms with Crippen molar-refractivity contribution in [1.29, 1.82) is 0 Å². The maximum Gasteiger partial charge on any atom is 0.329 e. The summed E-state index contributed by atoms with van der Waals surface area (Å²) in [7, 11) is 0. The Balaban J connectivity index is 1.97. The van der Waals surface area contributed by atoms with Crippen molar-refractivity contribution in [1.82, 2.24) is 9.97 Å². The molecule has 2 unspecified atom stereocenters. The molecule has 34 heavy (non-hydrogen) atoms. The van der Waals surface area contributed by atoms with Crippen LogP contribution in [0.2, 0.25) is 0 Å². The number of ether oxygens (including phenoxy) is 1. The number of carboxylic acids is 1. The number of carbonyl (C=O) groups is 1. The summed E-state index contributed by atoms with van der Waals surface area (Å²) < 4.78 is 6.27. The lowest BCUT2D eigenvalue weighted by Gasteiger charge is -2.44. The minimum atomic E-state index is -1.08. The van der Waals surface area contributed by atoms with E-state index in [4.69, 9.17) is 19.7 Å². The molecule has 2 atom stereocenters. The fourth-order valence-corrected chi connectivity index (χ4v) is 4.72. The predicted molar refractivity (Wildman–Crippen MR) is 134 cm³/mol. The first-order chi connectivity index (χ1) is 16.5. The van der Waals surface area contributed by atoms with Gasteiger partial charge in [0.2, 0.25) is 0 Å². The number of aliphatic imine (C=N–C) groups is 1. The zero-order chi connectivity index (χ0) is 24.0. The Morgan fingerprint density at radius 1 is 1.00 bits per heavy atom. The van der Waals surface area contributed by atoms with Crippen LogP contribution in [-0.2, 0) is 15.1 Å². The second-order valence-electron chi connectivity index (χ2n) is 8.36. The van der Waals surface area contributed by atoms with Gasteiger partial charge < -0.3 is 9.84 Å². The number of hydrogen-bond donors (Lipinski definition) is 1. The summed E-state index contributed by atoms with van der Waals surface area (Å²) in [5, 5.41) is 9.50. The highest BCUT2D eigenvalue weighted by Gasteiger charge is 2.53. The number of carboxylic acid groups (broad SMARTS) is 1. The molecule has 1 aromatic heterocycles. The van der Waals surface area contributed by atoms with E-state index in [-0.39, 0.29) is 0 Å². The SMILES string of the molecule is CCCC(OCC(=O)O)(c1cnc(-c2ccccc2)c(-c2ccccc2)n1)C1(CC)C=CC=N1. The minimum Gasteiger partial charge on any atom is -0.480 e. The largest absolute Gasteiger partial charge is 0.480 e. The van der Waals surface area contributed by atoms with Gasteiger partial charge in [-0.25, -0.2) is 9.78 Å². The number of rotatable bonds is 10. The summed E-state index contributed by atoms with van der Waals surface area (Å²) in [5.41, 5.74) is 2.10. The highest BCUT2D eigenvalue weighted by molar-refractivity contribution is 5.78. The van der Waals surface area contributed by atoms with E-state index in [9.17, 15) is 9.90 Å². The molecule has 1 aliphatic rings. The van der Waals surface area contributed by atoms with Gasteiger partial charge in [0.15, 0.2) is 0 Å². The third kappa shape index (κ3) is 4.29. The predicted octanol–water partition coefficient (Wildman–Crippen LogP) is 5.70. The number of aliphatic carboxylic acids is 1. The number of allylic oxidation sites excluding steroid dienone is 1. The molecular formula is C28H29N3O3. The lowest BCUT2D eigenvalue weighted by atomic mass is 9.73. The highest BCUT2D eigenvalue weighted by Crippen LogP contribution is 2.47. The van der Waals surface area contributed by atoms with Crippen molar-refractivity contribution in [2.24, 2.45) is 4.99 Å². The third-order valence-electron chi connectivity index (χ3n) is 6.33. The first-order valence-corrected chi connectivity index (χ1v) is 11.6. The number of aromatic nitrogens is 2. The third-order valence-corrected chi connectivity index (χ3v) is 6.33. The van der Waals surface area contributed by atoms with E-state index in [0.717, 1.165) is 28.9 Å². The molecule has 0 spiro atoms. The topological polar surface area (TPSA) is 84.7 Å². The van der Waals surface area contributed by atoms with E-state index in [1.165, 1.54) is 0 Å². The van der Waals surface area contributed by atoms with E-state index in [1.807, 2.05) is 79.7 Å². The fraction of sp³-hybridized carbons (Fsp3) is 0.286. The molecule has 3 aromatic rings. The smallest absolute Gasteiger partial charge is 0.329 e. The van der Waals surface area contributed by atoms with E-state index >= 15 is 0 Å². The molecule has 0 radical (unpaired) electrons. The number of hydrogen-bond acceptors (Lipinski definition) is 5. The molecular weight excluding hydrogens is 426 g/mol. The van der Waals surface area contributed by atoms with Crippen LogP contribution in [0.25, 0.3) is 22.5 Å². The van der Waals surface area contributed by atoms with Gasteiger partial charge in [0.05, 0.1) is 23.3 Å². The molecule has 0 bridgehead atoms. The van der Waals surface area contributed by atoms with E-state index in [2.05, 4.69) is 6.92 Å². The maximum absolute atomic E-state index is 11.6. The Bertz CT molecular complexity index is 1180. The molecule has 0 saturated heterocycles. The summed E-state index contributed by atoms with van der Waals surface area (Å²) in [4.78, 5) is 26.4. The minimum absolute atomic E-state index is 0.450. The van der Waals surface area contributed by atoms with Gasteiger partial charge >= 0.3 is 5.97 Å². The summed E-state index contributed by atoms with van der Waals surface area (Å²) >= 11 is 0. The molecule has 1 aliphatic heterocycles. The van der Waals surface area contributed by atoms with Crippen LogP contribution in [0.5, 0.6) is 0 Å². The standard InChI is InChI=1S/C28H29N3O3/c1-3-16-28(34-20-24(32)33,27(4-2)17-11-18-30-27)23-19-29-25(21-12-7-5-8-13-21)26(31-23)22-14-9-6-10-15-22/h5-15,17-19H,3-4,16,20H2,1-2H3,(H,32,33). The summed E-state index contributed by atoms with van der Waals surface area (Å²) in [6.07, 6.45) is 9.30. The quantitative estimate of drug-likeness (QED) is 0.424. The van der Waals surface area contributed by atoms with E-state index in [0.29, 0.717) is 18.5 Å².